The summed E-state index contributed by atoms with van der Waals surface area (Å²) in [5.74, 6) is 0. The lowest BCUT2D eigenvalue weighted by Gasteiger charge is -2.24. The van der Waals surface area contributed by atoms with Crippen molar-refractivity contribution in [3.05, 3.63) is 54.6 Å². The molecule has 0 amide bonds. The number of nitrogens with zero attached hydrogens (tertiary/aromatic N) is 5. The first-order valence-electron chi connectivity index (χ1n) is 9.09. The van der Waals surface area contributed by atoms with E-state index in [0.29, 0.717) is 0 Å². The first-order valence-corrected chi connectivity index (χ1v) is 9.09. The van der Waals surface area contributed by atoms with Crippen molar-refractivity contribution in [3.8, 4) is 0 Å². The predicted octanol–water partition coefficient (Wildman–Crippen LogP) is 2.95. The second kappa shape index (κ2) is 7.23. The van der Waals surface area contributed by atoms with Crippen LogP contribution in [-0.4, -0.2) is 52.2 Å². The smallest absolute Gasteiger partial charge is 0.0958 e. The van der Waals surface area contributed by atoms with E-state index in [1.165, 1.54) is 17.6 Å². The van der Waals surface area contributed by atoms with E-state index >= 15 is 0 Å². The van der Waals surface area contributed by atoms with E-state index in [1.54, 1.807) is 0 Å². The molecule has 0 spiro atoms. The Kier molecular flexibility index (Phi) is 4.65. The van der Waals surface area contributed by atoms with Crippen LogP contribution in [0.4, 0.5) is 5.69 Å². The summed E-state index contributed by atoms with van der Waals surface area (Å²) in [6.45, 7) is 8.59. The van der Waals surface area contributed by atoms with Gasteiger partial charge in [-0.1, -0.05) is 12.1 Å². The van der Waals surface area contributed by atoms with Crippen molar-refractivity contribution in [1.82, 2.24) is 19.4 Å². The van der Waals surface area contributed by atoms with Crippen molar-refractivity contribution in [2.45, 2.75) is 19.9 Å². The van der Waals surface area contributed by atoms with E-state index in [9.17, 15) is 0 Å². The number of hydrogen-bond acceptors (Lipinski definition) is 4. The summed E-state index contributed by atoms with van der Waals surface area (Å²) in [6, 6.07) is 12.7. The van der Waals surface area contributed by atoms with Crippen LogP contribution in [-0.2, 0) is 6.54 Å². The van der Waals surface area contributed by atoms with Crippen LogP contribution in [0.15, 0.2) is 48.9 Å². The number of rotatable bonds is 4. The lowest BCUT2D eigenvalue weighted by Crippen LogP contribution is -2.32. The molecule has 5 heteroatoms. The van der Waals surface area contributed by atoms with Crippen LogP contribution in [0.3, 0.4) is 0 Å². The number of benzene rings is 1. The number of para-hydroxylation sites is 2. The highest BCUT2D eigenvalue weighted by Gasteiger charge is 2.15. The van der Waals surface area contributed by atoms with Crippen LogP contribution in [0.5, 0.6) is 0 Å². The molecule has 3 heterocycles. The second-order valence-electron chi connectivity index (χ2n) is 6.76. The van der Waals surface area contributed by atoms with Gasteiger partial charge in [-0.3, -0.25) is 9.88 Å². The zero-order chi connectivity index (χ0) is 17.1. The fraction of sp³-hybridized carbons (Fsp3) is 0.400. The Morgan fingerprint density at radius 1 is 0.960 bits per heavy atom. The number of aryl methyl sites for hydroxylation is 1. The average molecular weight is 335 g/mol. The summed E-state index contributed by atoms with van der Waals surface area (Å²) in [7, 11) is 0. The summed E-state index contributed by atoms with van der Waals surface area (Å²) in [5, 5.41) is 0. The number of anilines is 1. The maximum absolute atomic E-state index is 4.49. The molecule has 4 rings (SSSR count). The van der Waals surface area contributed by atoms with Crippen LogP contribution < -0.4 is 4.90 Å². The van der Waals surface area contributed by atoms with Gasteiger partial charge < -0.3 is 9.47 Å². The Morgan fingerprint density at radius 3 is 2.80 bits per heavy atom. The number of imidazole rings is 1. The van der Waals surface area contributed by atoms with Crippen LogP contribution in [0.25, 0.3) is 11.0 Å². The molecule has 3 aromatic rings. The number of aromatic nitrogens is 3. The third-order valence-corrected chi connectivity index (χ3v) is 5.02. The molecule has 130 valence electrons. The molecule has 1 aliphatic rings. The fourth-order valence-corrected chi connectivity index (χ4v) is 3.62. The normalized spacial score (nSPS) is 16.3. The maximum atomic E-state index is 4.49. The Labute approximate surface area is 148 Å². The van der Waals surface area contributed by atoms with Gasteiger partial charge in [-0.25, -0.2) is 4.98 Å². The fourth-order valence-electron chi connectivity index (χ4n) is 3.62. The standard InChI is InChI=1S/C20H25N5/c1-17-15-18(7-8-21-17)24-10-4-9-23(11-13-24)12-14-25-16-22-19-5-2-3-6-20(19)25/h2-3,5-8,15-16H,4,9-14H2,1H3. The molecule has 1 aromatic carbocycles. The van der Waals surface area contributed by atoms with Gasteiger partial charge in [-0.05, 0) is 44.2 Å². The third-order valence-electron chi connectivity index (χ3n) is 5.02. The molecule has 0 atom stereocenters. The van der Waals surface area contributed by atoms with Crippen LogP contribution in [0.1, 0.15) is 12.1 Å². The van der Waals surface area contributed by atoms with Gasteiger partial charge in [0, 0.05) is 50.3 Å². The molecular formula is C20H25N5. The molecule has 1 fully saturated rings. The van der Waals surface area contributed by atoms with E-state index in [2.05, 4.69) is 61.6 Å². The highest BCUT2D eigenvalue weighted by atomic mass is 15.2. The monoisotopic (exact) mass is 335 g/mol. The number of pyridine rings is 1. The zero-order valence-electron chi connectivity index (χ0n) is 14.8. The van der Waals surface area contributed by atoms with Crippen molar-refractivity contribution >= 4 is 16.7 Å². The summed E-state index contributed by atoms with van der Waals surface area (Å²) in [5.41, 5.74) is 4.70. The second-order valence-corrected chi connectivity index (χ2v) is 6.76. The minimum absolute atomic E-state index is 0.995. The Hall–Kier alpha value is -2.40. The van der Waals surface area contributed by atoms with Crippen molar-refractivity contribution in [3.63, 3.8) is 0 Å². The van der Waals surface area contributed by atoms with Crippen molar-refractivity contribution < 1.29 is 0 Å². The predicted molar refractivity (Wildman–Crippen MR) is 102 cm³/mol. The molecule has 0 unspecified atom stereocenters. The molecule has 5 nitrogen and oxygen atoms in total. The third kappa shape index (κ3) is 3.66. The van der Waals surface area contributed by atoms with Gasteiger partial charge in [-0.2, -0.15) is 0 Å². The molecule has 0 radical (unpaired) electrons. The average Bonchev–Trinajstić information content (AvgIpc) is 2.89. The van der Waals surface area contributed by atoms with Gasteiger partial charge in [0.05, 0.1) is 17.4 Å². The van der Waals surface area contributed by atoms with E-state index in [0.717, 1.165) is 50.5 Å². The summed E-state index contributed by atoms with van der Waals surface area (Å²) >= 11 is 0. The van der Waals surface area contributed by atoms with E-state index < -0.39 is 0 Å². The molecule has 0 N–H and O–H groups in total. The topological polar surface area (TPSA) is 37.2 Å². The van der Waals surface area contributed by atoms with E-state index in [4.69, 9.17) is 0 Å². The molecular weight excluding hydrogens is 310 g/mol. The molecule has 0 aliphatic carbocycles. The Morgan fingerprint density at radius 2 is 1.88 bits per heavy atom. The van der Waals surface area contributed by atoms with Gasteiger partial charge in [-0.15, -0.1) is 0 Å². The SMILES string of the molecule is Cc1cc(N2CCCN(CCn3cnc4ccccc43)CC2)ccn1. The van der Waals surface area contributed by atoms with Crippen LogP contribution in [0, 0.1) is 6.92 Å². The van der Waals surface area contributed by atoms with Crippen molar-refractivity contribution in [1.29, 1.82) is 0 Å². The molecule has 1 aliphatic heterocycles. The minimum atomic E-state index is 0.995. The number of fused-ring (bicyclic) bond motifs is 1. The zero-order valence-corrected chi connectivity index (χ0v) is 14.8. The van der Waals surface area contributed by atoms with Crippen molar-refractivity contribution in [2.75, 3.05) is 37.6 Å². The van der Waals surface area contributed by atoms with Gasteiger partial charge >= 0.3 is 0 Å². The largest absolute Gasteiger partial charge is 0.370 e. The maximum Gasteiger partial charge on any atom is 0.0958 e. The molecule has 0 bridgehead atoms. The lowest BCUT2D eigenvalue weighted by molar-refractivity contribution is 0.282. The quantitative estimate of drug-likeness (QED) is 0.735. The molecule has 0 saturated carbocycles. The summed E-state index contributed by atoms with van der Waals surface area (Å²) in [6.07, 6.45) is 5.08. The van der Waals surface area contributed by atoms with Gasteiger partial charge in [0.1, 0.15) is 0 Å². The first kappa shape index (κ1) is 16.1. The van der Waals surface area contributed by atoms with Crippen LogP contribution >= 0.6 is 0 Å². The highest BCUT2D eigenvalue weighted by Crippen LogP contribution is 2.17. The van der Waals surface area contributed by atoms with Gasteiger partial charge in [0.25, 0.3) is 0 Å². The van der Waals surface area contributed by atoms with Crippen LogP contribution in [0.2, 0.25) is 0 Å². The minimum Gasteiger partial charge on any atom is -0.370 e. The lowest BCUT2D eigenvalue weighted by atomic mass is 10.3. The van der Waals surface area contributed by atoms with Crippen molar-refractivity contribution in [2.24, 2.45) is 0 Å². The Balaban J connectivity index is 1.37. The first-order chi connectivity index (χ1) is 12.3. The summed E-state index contributed by atoms with van der Waals surface area (Å²) in [4.78, 5) is 13.9. The molecule has 2 aromatic heterocycles. The van der Waals surface area contributed by atoms with Gasteiger partial charge in [0.15, 0.2) is 0 Å². The molecule has 1 saturated heterocycles. The number of hydrogen-bond donors (Lipinski definition) is 0. The van der Waals surface area contributed by atoms with Gasteiger partial charge in [0.2, 0.25) is 0 Å². The molecule has 25 heavy (non-hydrogen) atoms. The van der Waals surface area contributed by atoms with E-state index in [1.807, 2.05) is 18.6 Å². The van der Waals surface area contributed by atoms with E-state index in [-0.39, 0.29) is 0 Å². The summed E-state index contributed by atoms with van der Waals surface area (Å²) < 4.78 is 2.27. The Bertz CT molecular complexity index is 841. The highest BCUT2D eigenvalue weighted by molar-refractivity contribution is 5.74.